The Morgan fingerprint density at radius 1 is 0.842 bits per heavy atom. The molecular formula is C33H50N2O3. The van der Waals surface area contributed by atoms with Gasteiger partial charge in [-0.15, -0.1) is 0 Å². The van der Waals surface area contributed by atoms with Crippen molar-refractivity contribution in [3.05, 3.63) is 48.6 Å². The summed E-state index contributed by atoms with van der Waals surface area (Å²) in [5, 5.41) is 39.1. The predicted octanol–water partition coefficient (Wildman–Crippen LogP) is 4.22. The third-order valence-corrected chi connectivity index (χ3v) is 11.6. The number of aliphatic hydroxyl groups excluding tert-OH is 2. The molecule has 210 valence electrons. The molecule has 6 bridgehead atoms. The number of rotatable bonds is 0. The van der Waals surface area contributed by atoms with Crippen LogP contribution in [0.25, 0.3) is 0 Å². The Balaban J connectivity index is 1.47. The molecule has 2 N–H and O–H groups in total. The van der Waals surface area contributed by atoms with Crippen molar-refractivity contribution < 1.29 is 19.8 Å². The summed E-state index contributed by atoms with van der Waals surface area (Å²) < 4.78 is 0.513. The maximum absolute atomic E-state index is 15.2. The first kappa shape index (κ1) is 27.0. The minimum atomic E-state index is -0.950. The van der Waals surface area contributed by atoms with Crippen molar-refractivity contribution in [2.24, 2.45) is 17.3 Å². The van der Waals surface area contributed by atoms with Gasteiger partial charge in [0.25, 0.3) is 0 Å². The highest BCUT2D eigenvalue weighted by Gasteiger charge is 2.86. The Kier molecular flexibility index (Phi) is 7.78. The molecular weight excluding hydrogens is 472 g/mol. The van der Waals surface area contributed by atoms with Gasteiger partial charge in [-0.05, 0) is 77.3 Å². The van der Waals surface area contributed by atoms with Crippen LogP contribution >= 0.6 is 0 Å². The molecule has 6 aliphatic heterocycles. The molecule has 5 nitrogen and oxygen atoms in total. The molecule has 5 heteroatoms. The fraction of sp³-hybridized carbons (Fsp3) is 0.758. The summed E-state index contributed by atoms with van der Waals surface area (Å²) in [6, 6.07) is 0.0685. The van der Waals surface area contributed by atoms with E-state index in [1.807, 2.05) is 12.2 Å². The molecule has 38 heavy (non-hydrogen) atoms. The summed E-state index contributed by atoms with van der Waals surface area (Å²) in [5.74, 6) is 0.823. The van der Waals surface area contributed by atoms with Crippen molar-refractivity contribution in [2.45, 2.75) is 113 Å². The van der Waals surface area contributed by atoms with Gasteiger partial charge in [0, 0.05) is 23.5 Å². The number of hydrogen-bond acceptors (Lipinski definition) is 4. The van der Waals surface area contributed by atoms with Crippen molar-refractivity contribution in [1.82, 2.24) is 4.90 Å². The summed E-state index contributed by atoms with van der Waals surface area (Å²) >= 11 is 0. The van der Waals surface area contributed by atoms with Gasteiger partial charge in [-0.25, -0.2) is 0 Å². The zero-order valence-corrected chi connectivity index (χ0v) is 23.3. The van der Waals surface area contributed by atoms with Crippen molar-refractivity contribution in [2.75, 3.05) is 26.2 Å². The van der Waals surface area contributed by atoms with Crippen molar-refractivity contribution in [1.29, 1.82) is 0 Å². The van der Waals surface area contributed by atoms with Gasteiger partial charge >= 0.3 is 0 Å². The maximum atomic E-state index is 15.2. The van der Waals surface area contributed by atoms with Crippen molar-refractivity contribution in [3.63, 3.8) is 0 Å². The van der Waals surface area contributed by atoms with Crippen LogP contribution in [0.1, 0.15) is 83.5 Å². The van der Waals surface area contributed by atoms with Crippen molar-refractivity contribution in [3.8, 4) is 0 Å². The Morgan fingerprint density at radius 2 is 1.63 bits per heavy atom. The first-order valence-corrected chi connectivity index (χ1v) is 15.8. The molecule has 0 amide bonds. The van der Waals surface area contributed by atoms with Crippen LogP contribution in [0.5, 0.6) is 0 Å². The zero-order chi connectivity index (χ0) is 26.2. The lowest BCUT2D eigenvalue weighted by molar-refractivity contribution is -1.04. The minimum absolute atomic E-state index is 0.0685. The highest BCUT2D eigenvalue weighted by Crippen LogP contribution is 2.73. The van der Waals surface area contributed by atoms with Crippen LogP contribution in [0, 0.1) is 17.3 Å². The molecule has 7 rings (SSSR count). The third kappa shape index (κ3) is 3.98. The van der Waals surface area contributed by atoms with E-state index in [0.717, 1.165) is 84.0 Å². The monoisotopic (exact) mass is 522 g/mol. The van der Waals surface area contributed by atoms with Crippen molar-refractivity contribution >= 4 is 0 Å². The maximum Gasteiger partial charge on any atom is 0.147 e. The van der Waals surface area contributed by atoms with E-state index in [4.69, 9.17) is 0 Å². The van der Waals surface area contributed by atoms with Crippen LogP contribution in [0.15, 0.2) is 48.6 Å². The van der Waals surface area contributed by atoms with Gasteiger partial charge in [0.05, 0.1) is 19.1 Å². The average molecular weight is 523 g/mol. The molecule has 7 unspecified atom stereocenters. The first-order valence-electron chi connectivity index (χ1n) is 15.8. The quantitative estimate of drug-likeness (QED) is 0.369. The first-order chi connectivity index (χ1) is 18.6. The summed E-state index contributed by atoms with van der Waals surface area (Å²) in [5.41, 5.74) is -0.865. The number of hydrogen-bond donors (Lipinski definition) is 2. The largest absolute Gasteiger partial charge is 0.806 e. The fourth-order valence-electron chi connectivity index (χ4n) is 10.6. The number of quaternary nitrogens is 1. The van der Waals surface area contributed by atoms with Crippen LogP contribution in [0.4, 0.5) is 0 Å². The molecule has 4 saturated heterocycles. The van der Waals surface area contributed by atoms with E-state index in [1.165, 1.54) is 25.7 Å². The van der Waals surface area contributed by atoms with Gasteiger partial charge in [0.1, 0.15) is 17.7 Å². The topological polar surface area (TPSA) is 66.8 Å². The van der Waals surface area contributed by atoms with Gasteiger partial charge in [-0.1, -0.05) is 67.9 Å². The lowest BCUT2D eigenvalue weighted by atomic mass is 9.52. The Bertz CT molecular complexity index is 960. The van der Waals surface area contributed by atoms with E-state index < -0.39 is 24.0 Å². The van der Waals surface area contributed by atoms with E-state index in [9.17, 15) is 10.2 Å². The molecule has 0 aromatic carbocycles. The molecule has 0 aromatic rings. The Hall–Kier alpha value is -1.24. The summed E-state index contributed by atoms with van der Waals surface area (Å²) in [7, 11) is 0. The van der Waals surface area contributed by atoms with Gasteiger partial charge in [-0.2, -0.15) is 0 Å². The molecule has 5 fully saturated rings. The second-order valence-electron chi connectivity index (χ2n) is 13.4. The fourth-order valence-corrected chi connectivity index (χ4v) is 10.6. The molecule has 3 spiro atoms. The standard InChI is InChI=1S/C33H50N2O3/c36-28-18-14-10-6-2-5-9-13-17-23-35-25-26-24-32(31(35)38)20-15-11-7-3-1-4-8-12-16-21-34-22-19-27(26)33(35,29(28)37)30(32)34/h4-6,8-10,14,18,26-31,36-37H,1-3,7,11-13,15-17,19-25H2/b8-4-,9-5-,10-6+,18-14+/t26?,27?,28-,29+,30?,31?,32?,33?,35?/m0/s1. The third-order valence-electron chi connectivity index (χ3n) is 11.6. The number of aliphatic hydroxyl groups is 2. The molecule has 0 radical (unpaired) electrons. The lowest BCUT2D eigenvalue weighted by Crippen LogP contribution is -2.77. The minimum Gasteiger partial charge on any atom is -0.806 e. The average Bonchev–Trinajstić information content (AvgIpc) is 3.20. The summed E-state index contributed by atoms with van der Waals surface area (Å²) in [6.45, 7) is 3.77. The van der Waals surface area contributed by atoms with Crippen LogP contribution in [0.2, 0.25) is 0 Å². The lowest BCUT2D eigenvalue weighted by Gasteiger charge is -2.59. The SMILES string of the molecule is [O-]C1C23CCCCCC/C=C\CCCN4CCC5C(C2)C[N+]12CCC/C=C\C/C=C/C=C/[C@H](O)[C@@H](O)C52C43. The van der Waals surface area contributed by atoms with Gasteiger partial charge in [0.15, 0.2) is 0 Å². The molecule has 1 aliphatic carbocycles. The number of allylic oxidation sites excluding steroid dienone is 7. The van der Waals surface area contributed by atoms with Crippen LogP contribution in [0.3, 0.4) is 0 Å². The smallest absolute Gasteiger partial charge is 0.147 e. The van der Waals surface area contributed by atoms with Crippen LogP contribution in [-0.2, 0) is 0 Å². The van der Waals surface area contributed by atoms with Crippen LogP contribution < -0.4 is 5.11 Å². The molecule has 9 atom stereocenters. The molecule has 0 aromatic heterocycles. The van der Waals surface area contributed by atoms with Crippen LogP contribution in [-0.4, -0.2) is 75.8 Å². The van der Waals surface area contributed by atoms with E-state index in [-0.39, 0.29) is 11.5 Å². The normalized spacial score (nSPS) is 51.3. The summed E-state index contributed by atoms with van der Waals surface area (Å²) in [6.07, 6.45) is 28.5. The highest BCUT2D eigenvalue weighted by molar-refractivity contribution is 5.28. The van der Waals surface area contributed by atoms with Gasteiger partial charge in [-0.3, -0.25) is 4.90 Å². The highest BCUT2D eigenvalue weighted by atomic mass is 16.3. The van der Waals surface area contributed by atoms with E-state index in [0.29, 0.717) is 16.3 Å². The Morgan fingerprint density at radius 3 is 2.53 bits per heavy atom. The van der Waals surface area contributed by atoms with E-state index >= 15 is 5.11 Å². The van der Waals surface area contributed by atoms with Gasteiger partial charge in [0.2, 0.25) is 0 Å². The summed E-state index contributed by atoms with van der Waals surface area (Å²) in [4.78, 5) is 2.66. The zero-order valence-electron chi connectivity index (χ0n) is 23.3. The second kappa shape index (κ2) is 11.0. The predicted molar refractivity (Wildman–Crippen MR) is 150 cm³/mol. The molecule has 7 aliphatic rings. The number of piperidine rings is 2. The van der Waals surface area contributed by atoms with E-state index in [1.54, 1.807) is 6.08 Å². The molecule has 6 heterocycles. The second-order valence-corrected chi connectivity index (χ2v) is 13.4. The molecule has 1 saturated carbocycles. The van der Waals surface area contributed by atoms with Gasteiger partial charge < -0.3 is 19.8 Å². The number of nitrogens with zero attached hydrogens (tertiary/aromatic N) is 2. The Labute approximate surface area is 230 Å². The van der Waals surface area contributed by atoms with E-state index in [2.05, 4.69) is 35.3 Å².